The van der Waals surface area contributed by atoms with Gasteiger partial charge in [-0.15, -0.1) is 0 Å². The standard InChI is InChI=1S/C27H22N2O3/c1-18-17-23(32-29-18)24-25(19-9-5-3-6-10-19)28-26(30)27(24,20-11-7-4-8-12-20)21-13-15-22(31-2)16-14-21/h3-17H,1-2H3,(H,28,30). The third kappa shape index (κ3) is 3.02. The molecule has 1 unspecified atom stereocenters. The summed E-state index contributed by atoms with van der Waals surface area (Å²) in [6, 6.07) is 29.1. The number of hydrogen-bond donors (Lipinski definition) is 1. The lowest BCUT2D eigenvalue weighted by molar-refractivity contribution is -0.121. The van der Waals surface area contributed by atoms with Crippen molar-refractivity contribution in [2.24, 2.45) is 0 Å². The lowest BCUT2D eigenvalue weighted by atomic mass is 9.68. The molecule has 1 atom stereocenters. The summed E-state index contributed by atoms with van der Waals surface area (Å²) < 4.78 is 11.1. The number of nitrogens with one attached hydrogen (secondary N) is 1. The number of ether oxygens (including phenoxy) is 1. The van der Waals surface area contributed by atoms with E-state index < -0.39 is 5.41 Å². The van der Waals surface area contributed by atoms with Crippen molar-refractivity contribution in [3.8, 4) is 5.75 Å². The molecule has 1 amide bonds. The van der Waals surface area contributed by atoms with Crippen LogP contribution in [0.1, 0.15) is 28.1 Å². The quantitative estimate of drug-likeness (QED) is 0.493. The van der Waals surface area contributed by atoms with Gasteiger partial charge in [0.2, 0.25) is 5.91 Å². The van der Waals surface area contributed by atoms with E-state index in [0.29, 0.717) is 11.5 Å². The lowest BCUT2D eigenvalue weighted by Gasteiger charge is -2.30. The first kappa shape index (κ1) is 19.8. The molecule has 3 aromatic carbocycles. The van der Waals surface area contributed by atoms with E-state index in [2.05, 4.69) is 10.5 Å². The van der Waals surface area contributed by atoms with E-state index in [9.17, 15) is 4.79 Å². The second kappa shape index (κ2) is 7.85. The third-order valence-corrected chi connectivity index (χ3v) is 5.87. The van der Waals surface area contributed by atoms with Gasteiger partial charge in [0, 0.05) is 11.6 Å². The second-order valence-corrected chi connectivity index (χ2v) is 7.75. The zero-order valence-corrected chi connectivity index (χ0v) is 17.8. The van der Waals surface area contributed by atoms with Crippen LogP contribution in [0.25, 0.3) is 11.3 Å². The Hall–Kier alpha value is -4.12. The van der Waals surface area contributed by atoms with Crippen LogP contribution in [0.15, 0.2) is 95.5 Å². The highest BCUT2D eigenvalue weighted by Crippen LogP contribution is 2.51. The third-order valence-electron chi connectivity index (χ3n) is 5.87. The van der Waals surface area contributed by atoms with Crippen LogP contribution in [0.3, 0.4) is 0 Å². The molecule has 1 aliphatic rings. The minimum absolute atomic E-state index is 0.142. The molecule has 5 nitrogen and oxygen atoms in total. The molecule has 4 aromatic rings. The van der Waals surface area contributed by atoms with Crippen LogP contribution < -0.4 is 10.1 Å². The highest BCUT2D eigenvalue weighted by atomic mass is 16.5. The van der Waals surface area contributed by atoms with E-state index in [1.165, 1.54) is 0 Å². The number of rotatable bonds is 5. The SMILES string of the molecule is COc1ccc(C2(c3ccccc3)C(=O)NC(c3ccccc3)=C2c2cc(C)no2)cc1. The van der Waals surface area contributed by atoms with Gasteiger partial charge in [-0.1, -0.05) is 78.0 Å². The number of aromatic nitrogens is 1. The van der Waals surface area contributed by atoms with Crippen LogP contribution in [-0.4, -0.2) is 18.2 Å². The molecular formula is C27H22N2O3. The summed E-state index contributed by atoms with van der Waals surface area (Å²) in [5.74, 6) is 1.14. The monoisotopic (exact) mass is 422 g/mol. The summed E-state index contributed by atoms with van der Waals surface area (Å²) in [7, 11) is 1.63. The summed E-state index contributed by atoms with van der Waals surface area (Å²) in [6.07, 6.45) is 0. The van der Waals surface area contributed by atoms with E-state index in [4.69, 9.17) is 9.26 Å². The number of amides is 1. The Morgan fingerprint density at radius 3 is 2.09 bits per heavy atom. The summed E-state index contributed by atoms with van der Waals surface area (Å²) >= 11 is 0. The van der Waals surface area contributed by atoms with Gasteiger partial charge in [-0.25, -0.2) is 0 Å². The van der Waals surface area contributed by atoms with Crippen molar-refractivity contribution in [3.05, 3.63) is 119 Å². The van der Waals surface area contributed by atoms with Gasteiger partial charge in [-0.2, -0.15) is 0 Å². The van der Waals surface area contributed by atoms with E-state index in [0.717, 1.165) is 33.7 Å². The zero-order chi connectivity index (χ0) is 22.1. The van der Waals surface area contributed by atoms with Crippen LogP contribution in [0.4, 0.5) is 0 Å². The van der Waals surface area contributed by atoms with Crippen molar-refractivity contribution >= 4 is 17.2 Å². The number of aryl methyl sites for hydroxylation is 1. The van der Waals surface area contributed by atoms with E-state index in [1.54, 1.807) is 7.11 Å². The van der Waals surface area contributed by atoms with Crippen molar-refractivity contribution < 1.29 is 14.1 Å². The van der Waals surface area contributed by atoms with Crippen LogP contribution >= 0.6 is 0 Å². The fourth-order valence-electron chi connectivity index (χ4n) is 4.43. The van der Waals surface area contributed by atoms with Crippen LogP contribution in [0.5, 0.6) is 5.75 Å². The Balaban J connectivity index is 1.88. The molecule has 0 radical (unpaired) electrons. The smallest absolute Gasteiger partial charge is 0.244 e. The number of benzene rings is 3. The number of carbonyl (C=O) groups is 1. The molecule has 0 aliphatic carbocycles. The maximum absolute atomic E-state index is 14.0. The Morgan fingerprint density at radius 1 is 0.875 bits per heavy atom. The first-order chi connectivity index (χ1) is 15.6. The number of carbonyl (C=O) groups excluding carboxylic acids is 1. The Labute approximate surface area is 186 Å². The minimum Gasteiger partial charge on any atom is -0.497 e. The number of methoxy groups -OCH3 is 1. The fraction of sp³-hybridized carbons (Fsp3) is 0.111. The van der Waals surface area contributed by atoms with Gasteiger partial charge in [0.15, 0.2) is 5.76 Å². The van der Waals surface area contributed by atoms with Crippen molar-refractivity contribution in [1.29, 1.82) is 0 Å². The van der Waals surface area contributed by atoms with Crippen LogP contribution in [-0.2, 0) is 10.2 Å². The van der Waals surface area contributed by atoms with Crippen molar-refractivity contribution in [2.45, 2.75) is 12.3 Å². The first-order valence-corrected chi connectivity index (χ1v) is 10.4. The molecule has 2 heterocycles. The molecule has 32 heavy (non-hydrogen) atoms. The van der Waals surface area contributed by atoms with E-state index in [-0.39, 0.29) is 5.91 Å². The molecule has 0 saturated carbocycles. The maximum atomic E-state index is 14.0. The van der Waals surface area contributed by atoms with Gasteiger partial charge in [-0.3, -0.25) is 4.79 Å². The predicted molar refractivity (Wildman–Crippen MR) is 123 cm³/mol. The Morgan fingerprint density at radius 2 is 1.50 bits per heavy atom. The largest absolute Gasteiger partial charge is 0.497 e. The van der Waals surface area contributed by atoms with Gasteiger partial charge in [0.25, 0.3) is 0 Å². The summed E-state index contributed by atoms with van der Waals surface area (Å²) in [5.41, 5.74) is 3.64. The average Bonchev–Trinajstić information content (AvgIpc) is 3.41. The van der Waals surface area contributed by atoms with Crippen LogP contribution in [0, 0.1) is 6.92 Å². The summed E-state index contributed by atoms with van der Waals surface area (Å²) in [5, 5.41) is 7.29. The first-order valence-electron chi connectivity index (χ1n) is 10.4. The molecule has 0 saturated heterocycles. The van der Waals surface area contributed by atoms with Gasteiger partial charge in [-0.05, 0) is 35.7 Å². The molecule has 5 rings (SSSR count). The van der Waals surface area contributed by atoms with Crippen molar-refractivity contribution in [1.82, 2.24) is 10.5 Å². The minimum atomic E-state index is -1.12. The molecular weight excluding hydrogens is 400 g/mol. The normalized spacial score (nSPS) is 18.0. The van der Waals surface area contributed by atoms with Crippen LogP contribution in [0.2, 0.25) is 0 Å². The molecule has 0 fully saturated rings. The maximum Gasteiger partial charge on any atom is 0.244 e. The average molecular weight is 422 g/mol. The van der Waals surface area contributed by atoms with Crippen molar-refractivity contribution in [3.63, 3.8) is 0 Å². The molecule has 1 N–H and O–H groups in total. The van der Waals surface area contributed by atoms with E-state index in [1.807, 2.05) is 97.9 Å². The molecule has 0 spiro atoms. The summed E-state index contributed by atoms with van der Waals surface area (Å²) in [4.78, 5) is 14.0. The second-order valence-electron chi connectivity index (χ2n) is 7.75. The molecule has 5 heteroatoms. The van der Waals surface area contributed by atoms with Gasteiger partial charge in [0.1, 0.15) is 11.2 Å². The fourth-order valence-corrected chi connectivity index (χ4v) is 4.43. The van der Waals surface area contributed by atoms with E-state index >= 15 is 0 Å². The highest BCUT2D eigenvalue weighted by molar-refractivity contribution is 6.20. The molecule has 0 bridgehead atoms. The predicted octanol–water partition coefficient (Wildman–Crippen LogP) is 4.98. The molecule has 1 aromatic heterocycles. The lowest BCUT2D eigenvalue weighted by Crippen LogP contribution is -2.39. The topological polar surface area (TPSA) is 64.4 Å². The number of hydrogen-bond acceptors (Lipinski definition) is 4. The van der Waals surface area contributed by atoms with Gasteiger partial charge >= 0.3 is 0 Å². The number of nitrogens with zero attached hydrogens (tertiary/aromatic N) is 1. The zero-order valence-electron chi connectivity index (χ0n) is 17.8. The molecule has 158 valence electrons. The molecule has 1 aliphatic heterocycles. The van der Waals surface area contributed by atoms with Crippen molar-refractivity contribution in [2.75, 3.05) is 7.11 Å². The highest BCUT2D eigenvalue weighted by Gasteiger charge is 2.53. The van der Waals surface area contributed by atoms with Gasteiger partial charge < -0.3 is 14.6 Å². The van der Waals surface area contributed by atoms with Gasteiger partial charge in [0.05, 0.1) is 18.5 Å². The Kier molecular flexibility index (Phi) is 4.86. The summed E-state index contributed by atoms with van der Waals surface area (Å²) in [6.45, 7) is 1.87. The Bertz CT molecular complexity index is 1290.